The zero-order valence-electron chi connectivity index (χ0n) is 8.56. The molecule has 2 aromatic rings. The number of aromatic nitrogens is 3. The zero-order chi connectivity index (χ0) is 11.7. The third-order valence-electron chi connectivity index (χ3n) is 2.37. The molecule has 0 fully saturated rings. The first kappa shape index (κ1) is 11.6. The number of aryl methyl sites for hydroxylation is 1. The van der Waals surface area contributed by atoms with Crippen LogP contribution in [0.4, 0.5) is 0 Å². The van der Waals surface area contributed by atoms with Crippen LogP contribution < -0.4 is 5.73 Å². The molecule has 0 amide bonds. The molecule has 0 aliphatic heterocycles. The van der Waals surface area contributed by atoms with Gasteiger partial charge < -0.3 is 5.73 Å². The lowest BCUT2D eigenvalue weighted by Crippen LogP contribution is -2.15. The fourth-order valence-corrected chi connectivity index (χ4v) is 1.97. The number of halogens is 2. The van der Waals surface area contributed by atoms with Crippen molar-refractivity contribution in [3.8, 4) is 0 Å². The minimum atomic E-state index is -0.256. The van der Waals surface area contributed by atoms with E-state index in [1.54, 1.807) is 10.9 Å². The van der Waals surface area contributed by atoms with Gasteiger partial charge in [0.25, 0.3) is 0 Å². The number of hydrogen-bond donors (Lipinski definition) is 1. The molecular formula is C10H10BrClN4. The molecule has 2 rings (SSSR count). The van der Waals surface area contributed by atoms with Crippen LogP contribution in [0, 0.1) is 0 Å². The Morgan fingerprint density at radius 1 is 1.50 bits per heavy atom. The highest BCUT2D eigenvalue weighted by Gasteiger charge is 2.14. The van der Waals surface area contributed by atoms with E-state index in [1.807, 2.05) is 25.2 Å². The van der Waals surface area contributed by atoms with Crippen LogP contribution in [0.2, 0.25) is 5.02 Å². The summed E-state index contributed by atoms with van der Waals surface area (Å²) < 4.78 is 2.49. The summed E-state index contributed by atoms with van der Waals surface area (Å²) in [5, 5.41) is 8.32. The standard InChI is InChI=1S/C10H10BrClN4/c1-16-9(5-14-15-16)10(13)6-2-3-8(12)7(11)4-6/h2-5,10H,13H2,1H3. The number of hydrogen-bond acceptors (Lipinski definition) is 3. The molecule has 6 heteroatoms. The summed E-state index contributed by atoms with van der Waals surface area (Å²) in [6.45, 7) is 0. The Labute approximate surface area is 107 Å². The molecule has 16 heavy (non-hydrogen) atoms. The zero-order valence-corrected chi connectivity index (χ0v) is 10.9. The second-order valence-electron chi connectivity index (χ2n) is 3.43. The fourth-order valence-electron chi connectivity index (χ4n) is 1.46. The van der Waals surface area contributed by atoms with Crippen molar-refractivity contribution in [1.82, 2.24) is 15.0 Å². The third kappa shape index (κ3) is 2.11. The van der Waals surface area contributed by atoms with Gasteiger partial charge in [-0.1, -0.05) is 22.9 Å². The van der Waals surface area contributed by atoms with Crippen LogP contribution in [-0.2, 0) is 7.05 Å². The Kier molecular flexibility index (Phi) is 3.28. The predicted octanol–water partition coefficient (Wildman–Crippen LogP) is 2.28. The highest BCUT2D eigenvalue weighted by Crippen LogP contribution is 2.27. The van der Waals surface area contributed by atoms with Crippen molar-refractivity contribution in [3.63, 3.8) is 0 Å². The molecule has 4 nitrogen and oxygen atoms in total. The van der Waals surface area contributed by atoms with E-state index >= 15 is 0 Å². The summed E-state index contributed by atoms with van der Waals surface area (Å²) >= 11 is 9.29. The smallest absolute Gasteiger partial charge is 0.0796 e. The van der Waals surface area contributed by atoms with Gasteiger partial charge in [-0.05, 0) is 33.6 Å². The molecule has 1 heterocycles. The molecule has 0 bridgehead atoms. The molecule has 2 N–H and O–H groups in total. The summed E-state index contributed by atoms with van der Waals surface area (Å²) in [7, 11) is 1.81. The minimum absolute atomic E-state index is 0.256. The molecule has 0 aliphatic rings. The van der Waals surface area contributed by atoms with E-state index in [4.69, 9.17) is 17.3 Å². The molecule has 1 aromatic heterocycles. The normalized spacial score (nSPS) is 12.8. The lowest BCUT2D eigenvalue weighted by molar-refractivity contribution is 0.651. The molecule has 1 unspecified atom stereocenters. The quantitative estimate of drug-likeness (QED) is 0.926. The molecule has 0 aliphatic carbocycles. The molecular weight excluding hydrogens is 291 g/mol. The lowest BCUT2D eigenvalue weighted by Gasteiger charge is -2.12. The van der Waals surface area contributed by atoms with Crippen LogP contribution in [0.1, 0.15) is 17.3 Å². The number of rotatable bonds is 2. The maximum absolute atomic E-state index is 6.12. The summed E-state index contributed by atoms with van der Waals surface area (Å²) in [5.74, 6) is 0. The molecule has 1 atom stereocenters. The van der Waals surface area contributed by atoms with Gasteiger partial charge in [0.2, 0.25) is 0 Å². The number of benzene rings is 1. The van der Waals surface area contributed by atoms with Crippen LogP contribution in [0.3, 0.4) is 0 Å². The monoisotopic (exact) mass is 300 g/mol. The second kappa shape index (κ2) is 4.53. The maximum atomic E-state index is 6.12. The molecule has 0 saturated heterocycles. The summed E-state index contributed by atoms with van der Waals surface area (Å²) in [6, 6.07) is 5.35. The van der Waals surface area contributed by atoms with E-state index in [-0.39, 0.29) is 6.04 Å². The van der Waals surface area contributed by atoms with E-state index in [0.29, 0.717) is 5.02 Å². The van der Waals surface area contributed by atoms with Crippen molar-refractivity contribution in [2.75, 3.05) is 0 Å². The van der Waals surface area contributed by atoms with Gasteiger partial charge >= 0.3 is 0 Å². The van der Waals surface area contributed by atoms with Gasteiger partial charge in [-0.2, -0.15) is 0 Å². The van der Waals surface area contributed by atoms with Crippen LogP contribution in [-0.4, -0.2) is 15.0 Å². The second-order valence-corrected chi connectivity index (χ2v) is 4.70. The van der Waals surface area contributed by atoms with E-state index in [2.05, 4.69) is 26.2 Å². The first-order valence-corrected chi connectivity index (χ1v) is 5.82. The largest absolute Gasteiger partial charge is 0.319 e. The Bertz CT molecular complexity index is 511. The summed E-state index contributed by atoms with van der Waals surface area (Å²) in [6.07, 6.45) is 1.66. The molecule has 1 aromatic carbocycles. The van der Waals surface area contributed by atoms with Crippen molar-refractivity contribution in [2.45, 2.75) is 6.04 Å². The summed E-state index contributed by atoms with van der Waals surface area (Å²) in [4.78, 5) is 0. The van der Waals surface area contributed by atoms with Gasteiger partial charge in [0.05, 0.1) is 23.0 Å². The van der Waals surface area contributed by atoms with Gasteiger partial charge in [0.15, 0.2) is 0 Å². The topological polar surface area (TPSA) is 56.7 Å². The Morgan fingerprint density at radius 3 is 2.81 bits per heavy atom. The van der Waals surface area contributed by atoms with Crippen LogP contribution in [0.15, 0.2) is 28.9 Å². The summed E-state index contributed by atoms with van der Waals surface area (Å²) in [5.41, 5.74) is 7.93. The fraction of sp³-hybridized carbons (Fsp3) is 0.200. The van der Waals surface area contributed by atoms with Gasteiger partial charge in [-0.15, -0.1) is 5.10 Å². The van der Waals surface area contributed by atoms with E-state index in [1.165, 1.54) is 0 Å². The van der Waals surface area contributed by atoms with E-state index in [0.717, 1.165) is 15.7 Å². The first-order valence-electron chi connectivity index (χ1n) is 4.64. The average molecular weight is 302 g/mol. The van der Waals surface area contributed by atoms with Gasteiger partial charge in [-0.25, -0.2) is 0 Å². The molecule has 84 valence electrons. The Morgan fingerprint density at radius 2 is 2.25 bits per heavy atom. The van der Waals surface area contributed by atoms with Crippen molar-refractivity contribution in [2.24, 2.45) is 12.8 Å². The van der Waals surface area contributed by atoms with Crippen molar-refractivity contribution >= 4 is 27.5 Å². The molecule has 0 spiro atoms. The average Bonchev–Trinajstić information content (AvgIpc) is 2.67. The number of nitrogens with zero attached hydrogens (tertiary/aromatic N) is 3. The predicted molar refractivity (Wildman–Crippen MR) is 66.2 cm³/mol. The Hall–Kier alpha value is -0.910. The van der Waals surface area contributed by atoms with Crippen molar-refractivity contribution < 1.29 is 0 Å². The van der Waals surface area contributed by atoms with Gasteiger partial charge in [-0.3, -0.25) is 4.68 Å². The van der Waals surface area contributed by atoms with Gasteiger partial charge in [0, 0.05) is 11.5 Å². The highest BCUT2D eigenvalue weighted by molar-refractivity contribution is 9.10. The SMILES string of the molecule is Cn1nncc1C(N)c1ccc(Cl)c(Br)c1. The van der Waals surface area contributed by atoms with Crippen LogP contribution in [0.5, 0.6) is 0 Å². The van der Waals surface area contributed by atoms with Crippen LogP contribution in [0.25, 0.3) is 0 Å². The van der Waals surface area contributed by atoms with Gasteiger partial charge in [0.1, 0.15) is 0 Å². The number of nitrogens with two attached hydrogens (primary N) is 1. The van der Waals surface area contributed by atoms with E-state index in [9.17, 15) is 0 Å². The third-order valence-corrected chi connectivity index (χ3v) is 3.58. The Balaban J connectivity index is 2.38. The van der Waals surface area contributed by atoms with Crippen molar-refractivity contribution in [3.05, 3.63) is 45.1 Å². The molecule has 0 saturated carbocycles. The highest BCUT2D eigenvalue weighted by atomic mass is 79.9. The minimum Gasteiger partial charge on any atom is -0.319 e. The molecule has 0 radical (unpaired) electrons. The van der Waals surface area contributed by atoms with Crippen molar-refractivity contribution in [1.29, 1.82) is 0 Å². The maximum Gasteiger partial charge on any atom is 0.0796 e. The first-order chi connectivity index (χ1) is 7.59. The van der Waals surface area contributed by atoms with E-state index < -0.39 is 0 Å². The lowest BCUT2D eigenvalue weighted by atomic mass is 10.1. The van der Waals surface area contributed by atoms with Crippen LogP contribution >= 0.6 is 27.5 Å².